The molecule has 0 atom stereocenters. The maximum atomic E-state index is 5.74. The van der Waals surface area contributed by atoms with Gasteiger partial charge in [-0.1, -0.05) is 31.0 Å². The average molecular weight is 170 g/mol. The summed E-state index contributed by atoms with van der Waals surface area (Å²) in [5.74, 6) is 0. The molecule has 0 aromatic carbocycles. The molecule has 1 rings (SSSR count). The molecule has 11 heavy (non-hydrogen) atoms. The van der Waals surface area contributed by atoms with Crippen LogP contribution < -0.4 is 0 Å². The summed E-state index contributed by atoms with van der Waals surface area (Å²) in [4.78, 5) is 4.23. The van der Waals surface area contributed by atoms with E-state index in [-0.39, 0.29) is 0 Å². The van der Waals surface area contributed by atoms with Gasteiger partial charge in [-0.25, -0.2) is 4.98 Å². The molecule has 0 aliphatic heterocycles. The van der Waals surface area contributed by atoms with E-state index in [9.17, 15) is 0 Å². The van der Waals surface area contributed by atoms with Crippen LogP contribution in [0.4, 0.5) is 0 Å². The summed E-state index contributed by atoms with van der Waals surface area (Å²) in [6, 6.07) is 3.84. The lowest BCUT2D eigenvalue weighted by molar-refractivity contribution is 0.871. The zero-order chi connectivity index (χ0) is 8.27. The number of hydrogen-bond donors (Lipinski definition) is 0. The van der Waals surface area contributed by atoms with Gasteiger partial charge in [-0.3, -0.25) is 0 Å². The monoisotopic (exact) mass is 169 g/mol. The minimum atomic E-state index is 0.596. The summed E-state index contributed by atoms with van der Waals surface area (Å²) >= 11 is 5.74. The Morgan fingerprint density at radius 1 is 1.45 bits per heavy atom. The van der Waals surface area contributed by atoms with Gasteiger partial charge in [0.2, 0.25) is 0 Å². The van der Waals surface area contributed by atoms with Gasteiger partial charge in [-0.15, -0.1) is 0 Å². The molecule has 0 aliphatic rings. The minimum Gasteiger partial charge on any atom is -0.241 e. The summed E-state index contributed by atoms with van der Waals surface area (Å²) in [7, 11) is 0. The molecule has 1 aromatic heterocycles. The first-order valence-corrected chi connectivity index (χ1v) is 4.24. The highest BCUT2D eigenvalue weighted by Gasteiger charge is 1.98. The first-order valence-electron chi connectivity index (χ1n) is 3.86. The fraction of sp³-hybridized carbons (Fsp3) is 0.444. The lowest BCUT2D eigenvalue weighted by Crippen LogP contribution is -1.92. The largest absolute Gasteiger partial charge is 0.241 e. The van der Waals surface area contributed by atoms with Gasteiger partial charge in [0.15, 0.2) is 0 Å². The number of hydrogen-bond acceptors (Lipinski definition) is 1. The van der Waals surface area contributed by atoms with Gasteiger partial charge < -0.3 is 0 Å². The van der Waals surface area contributed by atoms with E-state index in [1.807, 2.05) is 12.1 Å². The molecule has 0 N–H and O–H groups in total. The van der Waals surface area contributed by atoms with Crippen molar-refractivity contribution in [3.8, 4) is 0 Å². The number of nitrogens with zero attached hydrogens (tertiary/aromatic N) is 1. The van der Waals surface area contributed by atoms with E-state index in [1.54, 1.807) is 0 Å². The molecule has 0 unspecified atom stereocenters. The Bertz CT molecular complexity index is 245. The Labute approximate surface area is 72.4 Å². The van der Waals surface area contributed by atoms with Crippen LogP contribution >= 0.6 is 11.6 Å². The van der Waals surface area contributed by atoms with E-state index in [4.69, 9.17) is 11.6 Å². The summed E-state index contributed by atoms with van der Waals surface area (Å²) in [5, 5.41) is 0.596. The standard InChI is InChI=1S/C9H12ClN/c1-3-4-8-7(2)5-6-9(10)11-8/h5-6H,3-4H2,1-2H3. The molecular weight excluding hydrogens is 158 g/mol. The van der Waals surface area contributed by atoms with E-state index in [0.29, 0.717) is 5.15 Å². The van der Waals surface area contributed by atoms with Gasteiger partial charge in [0.1, 0.15) is 5.15 Å². The summed E-state index contributed by atoms with van der Waals surface area (Å²) in [6.45, 7) is 4.20. The van der Waals surface area contributed by atoms with Crippen LogP contribution in [-0.2, 0) is 6.42 Å². The van der Waals surface area contributed by atoms with Crippen molar-refractivity contribution >= 4 is 11.6 Å². The van der Waals surface area contributed by atoms with Crippen molar-refractivity contribution in [2.75, 3.05) is 0 Å². The predicted molar refractivity (Wildman–Crippen MR) is 48.0 cm³/mol. The smallest absolute Gasteiger partial charge is 0.129 e. The van der Waals surface area contributed by atoms with Crippen molar-refractivity contribution in [1.82, 2.24) is 4.98 Å². The maximum absolute atomic E-state index is 5.74. The average Bonchev–Trinajstić information content (AvgIpc) is 1.98. The highest BCUT2D eigenvalue weighted by molar-refractivity contribution is 6.29. The van der Waals surface area contributed by atoms with Crippen molar-refractivity contribution in [1.29, 1.82) is 0 Å². The van der Waals surface area contributed by atoms with Crippen molar-refractivity contribution in [2.24, 2.45) is 0 Å². The molecule has 60 valence electrons. The maximum Gasteiger partial charge on any atom is 0.129 e. The molecule has 1 heterocycles. The third-order valence-electron chi connectivity index (χ3n) is 1.65. The van der Waals surface area contributed by atoms with Gasteiger partial charge in [0.05, 0.1) is 0 Å². The molecule has 0 spiro atoms. The SMILES string of the molecule is CCCc1nc(Cl)ccc1C. The Morgan fingerprint density at radius 2 is 2.18 bits per heavy atom. The first-order chi connectivity index (χ1) is 5.24. The number of aromatic nitrogens is 1. The molecular formula is C9H12ClN. The molecule has 0 saturated carbocycles. The summed E-state index contributed by atoms with van der Waals surface area (Å²) < 4.78 is 0. The van der Waals surface area contributed by atoms with E-state index >= 15 is 0 Å². The molecule has 0 bridgehead atoms. The minimum absolute atomic E-state index is 0.596. The van der Waals surface area contributed by atoms with Crippen LogP contribution in [0.25, 0.3) is 0 Å². The van der Waals surface area contributed by atoms with Gasteiger partial charge in [0.25, 0.3) is 0 Å². The Kier molecular flexibility index (Phi) is 2.89. The fourth-order valence-corrected chi connectivity index (χ4v) is 1.20. The van der Waals surface area contributed by atoms with Crippen molar-refractivity contribution in [3.05, 3.63) is 28.5 Å². The quantitative estimate of drug-likeness (QED) is 0.621. The predicted octanol–water partition coefficient (Wildman–Crippen LogP) is 3.00. The van der Waals surface area contributed by atoms with Gasteiger partial charge in [-0.05, 0) is 25.0 Å². The van der Waals surface area contributed by atoms with Crippen LogP contribution in [0.2, 0.25) is 5.15 Å². The lowest BCUT2D eigenvalue weighted by atomic mass is 10.1. The Morgan fingerprint density at radius 3 is 2.82 bits per heavy atom. The van der Waals surface area contributed by atoms with E-state index in [2.05, 4.69) is 18.8 Å². The molecule has 2 heteroatoms. The van der Waals surface area contributed by atoms with Crippen LogP contribution in [0.3, 0.4) is 0 Å². The van der Waals surface area contributed by atoms with Gasteiger partial charge in [0, 0.05) is 5.69 Å². The first kappa shape index (κ1) is 8.54. The van der Waals surface area contributed by atoms with Crippen molar-refractivity contribution in [3.63, 3.8) is 0 Å². The second kappa shape index (κ2) is 3.72. The van der Waals surface area contributed by atoms with Crippen LogP contribution in [0, 0.1) is 6.92 Å². The number of aryl methyl sites for hydroxylation is 2. The molecule has 1 aromatic rings. The zero-order valence-corrected chi connectivity index (χ0v) is 7.65. The van der Waals surface area contributed by atoms with Crippen molar-refractivity contribution < 1.29 is 0 Å². The number of halogens is 1. The topological polar surface area (TPSA) is 12.9 Å². The fourth-order valence-electron chi connectivity index (χ4n) is 1.03. The Hall–Kier alpha value is -0.560. The second-order valence-electron chi connectivity index (χ2n) is 2.65. The highest BCUT2D eigenvalue weighted by Crippen LogP contribution is 2.11. The molecule has 0 saturated heterocycles. The summed E-state index contributed by atoms with van der Waals surface area (Å²) in [6.07, 6.45) is 2.14. The summed E-state index contributed by atoms with van der Waals surface area (Å²) in [5.41, 5.74) is 2.36. The molecule has 0 amide bonds. The Balaban J connectivity index is 2.93. The van der Waals surface area contributed by atoms with E-state index in [1.165, 1.54) is 5.56 Å². The zero-order valence-electron chi connectivity index (χ0n) is 6.89. The lowest BCUT2D eigenvalue weighted by Gasteiger charge is -2.02. The highest BCUT2D eigenvalue weighted by atomic mass is 35.5. The van der Waals surface area contributed by atoms with Crippen molar-refractivity contribution in [2.45, 2.75) is 26.7 Å². The van der Waals surface area contributed by atoms with Gasteiger partial charge in [-0.2, -0.15) is 0 Å². The van der Waals surface area contributed by atoms with Crippen LogP contribution in [0.1, 0.15) is 24.6 Å². The molecule has 0 radical (unpaired) electrons. The third kappa shape index (κ3) is 2.19. The molecule has 1 nitrogen and oxygen atoms in total. The van der Waals surface area contributed by atoms with E-state index < -0.39 is 0 Å². The van der Waals surface area contributed by atoms with Crippen LogP contribution in [0.15, 0.2) is 12.1 Å². The molecule has 0 aliphatic carbocycles. The van der Waals surface area contributed by atoms with Crippen LogP contribution in [0.5, 0.6) is 0 Å². The number of rotatable bonds is 2. The normalized spacial score (nSPS) is 10.1. The number of pyridine rings is 1. The second-order valence-corrected chi connectivity index (χ2v) is 3.03. The molecule has 0 fully saturated rings. The van der Waals surface area contributed by atoms with Gasteiger partial charge >= 0.3 is 0 Å². The van der Waals surface area contributed by atoms with E-state index in [0.717, 1.165) is 18.5 Å². The van der Waals surface area contributed by atoms with Crippen LogP contribution in [-0.4, -0.2) is 4.98 Å². The third-order valence-corrected chi connectivity index (χ3v) is 1.87.